The molecule has 2 saturated carbocycles. The van der Waals surface area contributed by atoms with Crippen molar-refractivity contribution in [3.05, 3.63) is 0 Å². The number of amides is 2. The van der Waals surface area contributed by atoms with Crippen molar-refractivity contribution in [1.82, 2.24) is 15.1 Å². The van der Waals surface area contributed by atoms with Crippen molar-refractivity contribution < 1.29 is 14.7 Å². The van der Waals surface area contributed by atoms with E-state index in [0.717, 1.165) is 45.3 Å². The largest absolute Gasteiger partial charge is 0.480 e. The first-order valence-electron chi connectivity index (χ1n) is 10.0. The third kappa shape index (κ3) is 4.46. The Hall–Kier alpha value is -1.30. The number of likely N-dealkylation sites (tertiary alicyclic amines) is 1. The summed E-state index contributed by atoms with van der Waals surface area (Å²) in [6.07, 6.45) is 10.9. The van der Waals surface area contributed by atoms with Crippen LogP contribution < -0.4 is 5.32 Å². The van der Waals surface area contributed by atoms with Crippen LogP contribution in [0.25, 0.3) is 0 Å². The van der Waals surface area contributed by atoms with Gasteiger partial charge in [-0.15, -0.1) is 0 Å². The van der Waals surface area contributed by atoms with Gasteiger partial charge in [-0.25, -0.2) is 4.79 Å². The second-order valence-electron chi connectivity index (χ2n) is 8.28. The molecule has 25 heavy (non-hydrogen) atoms. The highest BCUT2D eigenvalue weighted by molar-refractivity contribution is 5.74. The molecule has 0 aromatic heterocycles. The molecule has 0 aromatic rings. The molecule has 142 valence electrons. The first-order chi connectivity index (χ1) is 12.0. The van der Waals surface area contributed by atoms with E-state index >= 15 is 0 Å². The van der Waals surface area contributed by atoms with Gasteiger partial charge in [-0.05, 0) is 50.5 Å². The smallest absolute Gasteiger partial charge is 0.317 e. The molecule has 1 heterocycles. The molecule has 2 aliphatic carbocycles. The summed E-state index contributed by atoms with van der Waals surface area (Å²) in [7, 11) is 0. The topological polar surface area (TPSA) is 72.9 Å². The third-order valence-electron chi connectivity index (χ3n) is 6.73. The number of carbonyl (C=O) groups is 2. The van der Waals surface area contributed by atoms with Gasteiger partial charge in [0.25, 0.3) is 0 Å². The maximum atomic E-state index is 12.5. The SMILES string of the molecule is CCN(CC(=O)O)C1CC(NC(=O)N2CCC3(CCCCC3)CC2)C1. The lowest BCUT2D eigenvalue weighted by Gasteiger charge is -2.46. The monoisotopic (exact) mass is 351 g/mol. The average molecular weight is 351 g/mol. The minimum Gasteiger partial charge on any atom is -0.480 e. The van der Waals surface area contributed by atoms with Gasteiger partial charge in [-0.3, -0.25) is 9.69 Å². The lowest BCUT2D eigenvalue weighted by atomic mass is 9.68. The molecule has 1 aliphatic heterocycles. The van der Waals surface area contributed by atoms with Crippen molar-refractivity contribution in [2.45, 2.75) is 76.8 Å². The van der Waals surface area contributed by atoms with Gasteiger partial charge < -0.3 is 15.3 Å². The predicted molar refractivity (Wildman–Crippen MR) is 96.5 cm³/mol. The van der Waals surface area contributed by atoms with Crippen LogP contribution in [0.2, 0.25) is 0 Å². The quantitative estimate of drug-likeness (QED) is 0.799. The molecule has 1 saturated heterocycles. The molecule has 6 heteroatoms. The van der Waals surface area contributed by atoms with E-state index in [1.54, 1.807) is 0 Å². The number of urea groups is 1. The van der Waals surface area contributed by atoms with Crippen LogP contribution in [-0.4, -0.2) is 65.2 Å². The van der Waals surface area contributed by atoms with Crippen molar-refractivity contribution in [2.75, 3.05) is 26.2 Å². The summed E-state index contributed by atoms with van der Waals surface area (Å²) in [5, 5.41) is 12.1. The van der Waals surface area contributed by atoms with Gasteiger partial charge in [-0.2, -0.15) is 0 Å². The summed E-state index contributed by atoms with van der Waals surface area (Å²) >= 11 is 0. The van der Waals surface area contributed by atoms with Crippen LogP contribution in [0, 0.1) is 5.41 Å². The molecule has 1 spiro atoms. The summed E-state index contributed by atoms with van der Waals surface area (Å²) < 4.78 is 0. The number of nitrogens with one attached hydrogen (secondary N) is 1. The molecule has 0 radical (unpaired) electrons. The standard InChI is InChI=1S/C19H33N3O3/c1-2-21(14-17(23)24)16-12-15(13-16)20-18(25)22-10-8-19(9-11-22)6-4-3-5-7-19/h15-16H,2-14H2,1H3,(H,20,25)(H,23,24). The Labute approximate surface area is 150 Å². The third-order valence-corrected chi connectivity index (χ3v) is 6.73. The Bertz CT molecular complexity index is 474. The number of hydrogen-bond acceptors (Lipinski definition) is 3. The van der Waals surface area contributed by atoms with Gasteiger partial charge in [0.1, 0.15) is 0 Å². The van der Waals surface area contributed by atoms with E-state index in [1.165, 1.54) is 32.1 Å². The number of rotatable bonds is 5. The molecule has 0 bridgehead atoms. The maximum absolute atomic E-state index is 12.5. The number of carbonyl (C=O) groups excluding carboxylic acids is 1. The van der Waals surface area contributed by atoms with Crippen LogP contribution in [0.1, 0.15) is 64.7 Å². The van der Waals surface area contributed by atoms with Gasteiger partial charge in [0.2, 0.25) is 0 Å². The van der Waals surface area contributed by atoms with E-state index in [2.05, 4.69) is 5.32 Å². The number of nitrogens with zero attached hydrogens (tertiary/aromatic N) is 2. The number of carboxylic acids is 1. The lowest BCUT2D eigenvalue weighted by molar-refractivity contribution is -0.139. The Kier molecular flexibility index (Phi) is 5.87. The predicted octanol–water partition coefficient (Wildman–Crippen LogP) is 2.68. The van der Waals surface area contributed by atoms with E-state index in [9.17, 15) is 9.59 Å². The van der Waals surface area contributed by atoms with Crippen LogP contribution in [0.3, 0.4) is 0 Å². The fourth-order valence-electron chi connectivity index (χ4n) is 4.93. The molecule has 3 aliphatic rings. The summed E-state index contributed by atoms with van der Waals surface area (Å²) in [6, 6.07) is 0.569. The number of hydrogen-bond donors (Lipinski definition) is 2. The Balaban J connectivity index is 1.39. The first-order valence-corrected chi connectivity index (χ1v) is 10.0. The van der Waals surface area contributed by atoms with Crippen LogP contribution in [0.5, 0.6) is 0 Å². The Morgan fingerprint density at radius 2 is 1.76 bits per heavy atom. The molecule has 0 unspecified atom stereocenters. The maximum Gasteiger partial charge on any atom is 0.317 e. The Morgan fingerprint density at radius 3 is 2.32 bits per heavy atom. The van der Waals surface area contributed by atoms with Crippen molar-refractivity contribution in [1.29, 1.82) is 0 Å². The molecule has 6 nitrogen and oxygen atoms in total. The molecule has 3 fully saturated rings. The van der Waals surface area contributed by atoms with E-state index < -0.39 is 5.97 Å². The van der Waals surface area contributed by atoms with Gasteiger partial charge in [0, 0.05) is 25.2 Å². The fourth-order valence-corrected chi connectivity index (χ4v) is 4.93. The summed E-state index contributed by atoms with van der Waals surface area (Å²) in [5.41, 5.74) is 0.523. The zero-order valence-corrected chi connectivity index (χ0v) is 15.5. The molecule has 2 N–H and O–H groups in total. The first kappa shape index (κ1) is 18.5. The second kappa shape index (κ2) is 7.94. The van der Waals surface area contributed by atoms with E-state index in [4.69, 9.17) is 5.11 Å². The number of piperidine rings is 1. The molecule has 0 aromatic carbocycles. The normalized spacial score (nSPS) is 28.6. The highest BCUT2D eigenvalue weighted by Crippen LogP contribution is 2.44. The van der Waals surface area contributed by atoms with Crippen molar-refractivity contribution in [3.63, 3.8) is 0 Å². The van der Waals surface area contributed by atoms with Crippen molar-refractivity contribution >= 4 is 12.0 Å². The summed E-state index contributed by atoms with van der Waals surface area (Å²) in [4.78, 5) is 27.4. The van der Waals surface area contributed by atoms with Crippen LogP contribution >= 0.6 is 0 Å². The van der Waals surface area contributed by atoms with E-state index in [-0.39, 0.29) is 18.6 Å². The van der Waals surface area contributed by atoms with Crippen molar-refractivity contribution in [3.8, 4) is 0 Å². The number of carboxylic acid groups (broad SMARTS) is 1. The van der Waals surface area contributed by atoms with E-state index in [0.29, 0.717) is 11.5 Å². The van der Waals surface area contributed by atoms with Gasteiger partial charge >= 0.3 is 12.0 Å². The van der Waals surface area contributed by atoms with Crippen molar-refractivity contribution in [2.24, 2.45) is 5.41 Å². The zero-order chi connectivity index (χ0) is 17.9. The summed E-state index contributed by atoms with van der Waals surface area (Å²) in [5.74, 6) is -0.778. The second-order valence-corrected chi connectivity index (χ2v) is 8.28. The van der Waals surface area contributed by atoms with Crippen LogP contribution in [0.4, 0.5) is 4.79 Å². The fraction of sp³-hybridized carbons (Fsp3) is 0.895. The molecule has 3 rings (SSSR count). The highest BCUT2D eigenvalue weighted by atomic mass is 16.4. The highest BCUT2D eigenvalue weighted by Gasteiger charge is 2.39. The minimum absolute atomic E-state index is 0.0791. The van der Waals surface area contributed by atoms with Gasteiger partial charge in [-0.1, -0.05) is 26.2 Å². The van der Waals surface area contributed by atoms with Gasteiger partial charge in [0.15, 0.2) is 0 Å². The zero-order valence-electron chi connectivity index (χ0n) is 15.5. The van der Waals surface area contributed by atoms with E-state index in [1.807, 2.05) is 16.7 Å². The van der Waals surface area contributed by atoms with Crippen LogP contribution in [-0.2, 0) is 4.79 Å². The summed E-state index contributed by atoms with van der Waals surface area (Å²) in [6.45, 7) is 4.61. The minimum atomic E-state index is -0.778. The molecule has 2 amide bonds. The van der Waals surface area contributed by atoms with Crippen LogP contribution in [0.15, 0.2) is 0 Å². The lowest BCUT2D eigenvalue weighted by Crippen LogP contribution is -2.57. The number of likely N-dealkylation sites (N-methyl/N-ethyl adjacent to an activating group) is 1. The number of aliphatic carboxylic acids is 1. The molecular weight excluding hydrogens is 318 g/mol. The molecular formula is C19H33N3O3. The molecule has 0 atom stereocenters. The average Bonchev–Trinajstić information content (AvgIpc) is 2.57. The Morgan fingerprint density at radius 1 is 1.12 bits per heavy atom. The van der Waals surface area contributed by atoms with Gasteiger partial charge in [0.05, 0.1) is 6.54 Å².